The third-order valence-corrected chi connectivity index (χ3v) is 3.40. The first kappa shape index (κ1) is 16.3. The van der Waals surface area contributed by atoms with Crippen LogP contribution in [0.1, 0.15) is 24.9 Å². The third kappa shape index (κ3) is 4.48. The van der Waals surface area contributed by atoms with E-state index in [4.69, 9.17) is 16.3 Å². The van der Waals surface area contributed by atoms with Crippen molar-refractivity contribution >= 4 is 23.3 Å². The van der Waals surface area contributed by atoms with E-state index in [1.54, 1.807) is 31.2 Å². The van der Waals surface area contributed by atoms with Gasteiger partial charge in [-0.25, -0.2) is 0 Å². The van der Waals surface area contributed by atoms with Crippen molar-refractivity contribution in [1.29, 1.82) is 0 Å². The number of anilines is 1. The summed E-state index contributed by atoms with van der Waals surface area (Å²) in [5.41, 5.74) is 1.58. The standard InChI is InChI=1S/C17H18ClNO3/c1-2-15(20)22-17(21)16(12-8-10-13(18)11-9-12)19-14-6-4-3-5-7-14/h3-11,16-17,19,21H,2H2,1H3. The average Bonchev–Trinajstić information content (AvgIpc) is 2.54. The normalized spacial score (nSPS) is 13.2. The Kier molecular flexibility index (Phi) is 5.81. The molecular formula is C17H18ClNO3. The molecule has 2 unspecified atom stereocenters. The van der Waals surface area contributed by atoms with Crippen LogP contribution in [0.25, 0.3) is 0 Å². The molecule has 0 bridgehead atoms. The number of benzene rings is 2. The van der Waals surface area contributed by atoms with Crippen molar-refractivity contribution in [2.45, 2.75) is 25.7 Å². The number of halogens is 1. The zero-order chi connectivity index (χ0) is 15.9. The highest BCUT2D eigenvalue weighted by atomic mass is 35.5. The zero-order valence-corrected chi connectivity index (χ0v) is 13.0. The maximum atomic E-state index is 11.4. The second kappa shape index (κ2) is 7.82. The second-order valence-corrected chi connectivity index (χ2v) is 5.21. The number of rotatable bonds is 6. The van der Waals surface area contributed by atoms with Crippen LogP contribution < -0.4 is 5.32 Å². The van der Waals surface area contributed by atoms with Crippen LogP contribution in [0.15, 0.2) is 54.6 Å². The first-order valence-corrected chi connectivity index (χ1v) is 7.42. The minimum Gasteiger partial charge on any atom is -0.433 e. The van der Waals surface area contributed by atoms with Gasteiger partial charge in [-0.15, -0.1) is 0 Å². The molecule has 22 heavy (non-hydrogen) atoms. The highest BCUT2D eigenvalue weighted by Crippen LogP contribution is 2.25. The first-order valence-electron chi connectivity index (χ1n) is 7.04. The van der Waals surface area contributed by atoms with Crippen molar-refractivity contribution in [3.8, 4) is 0 Å². The number of carbonyl (C=O) groups is 1. The number of esters is 1. The number of hydrogen-bond donors (Lipinski definition) is 2. The van der Waals surface area contributed by atoms with Crippen molar-refractivity contribution in [3.05, 3.63) is 65.2 Å². The lowest BCUT2D eigenvalue weighted by atomic mass is 10.1. The van der Waals surface area contributed by atoms with Gasteiger partial charge in [0.05, 0.1) is 0 Å². The number of nitrogens with one attached hydrogen (secondary N) is 1. The fourth-order valence-corrected chi connectivity index (χ4v) is 2.12. The van der Waals surface area contributed by atoms with Gasteiger partial charge in [0.2, 0.25) is 6.29 Å². The largest absolute Gasteiger partial charge is 0.433 e. The molecular weight excluding hydrogens is 302 g/mol. The smallest absolute Gasteiger partial charge is 0.307 e. The van der Waals surface area contributed by atoms with Gasteiger partial charge in [0.1, 0.15) is 6.04 Å². The molecule has 0 aromatic heterocycles. The van der Waals surface area contributed by atoms with Crippen LogP contribution in [0.4, 0.5) is 5.69 Å². The van der Waals surface area contributed by atoms with Crippen LogP contribution in [-0.4, -0.2) is 17.4 Å². The second-order valence-electron chi connectivity index (χ2n) is 4.77. The minimum atomic E-state index is -1.30. The summed E-state index contributed by atoms with van der Waals surface area (Å²) in [6.07, 6.45) is -1.09. The summed E-state index contributed by atoms with van der Waals surface area (Å²) in [5, 5.41) is 14.0. The van der Waals surface area contributed by atoms with Gasteiger partial charge in [-0.05, 0) is 29.8 Å². The van der Waals surface area contributed by atoms with Gasteiger partial charge >= 0.3 is 5.97 Å². The Hall–Kier alpha value is -2.04. The fourth-order valence-electron chi connectivity index (χ4n) is 1.99. The third-order valence-electron chi connectivity index (χ3n) is 3.15. The monoisotopic (exact) mass is 319 g/mol. The summed E-state index contributed by atoms with van der Waals surface area (Å²) in [6, 6.07) is 15.8. The number of para-hydroxylation sites is 1. The van der Waals surface area contributed by atoms with Crippen LogP contribution in [0.5, 0.6) is 0 Å². The molecule has 0 aliphatic carbocycles. The minimum absolute atomic E-state index is 0.204. The highest BCUT2D eigenvalue weighted by molar-refractivity contribution is 6.30. The molecule has 5 heteroatoms. The van der Waals surface area contributed by atoms with E-state index in [9.17, 15) is 9.90 Å². The number of aliphatic hydroxyl groups excluding tert-OH is 1. The van der Waals surface area contributed by atoms with Crippen LogP contribution in [-0.2, 0) is 9.53 Å². The van der Waals surface area contributed by atoms with E-state index in [0.717, 1.165) is 11.3 Å². The maximum Gasteiger partial charge on any atom is 0.307 e. The highest BCUT2D eigenvalue weighted by Gasteiger charge is 2.24. The van der Waals surface area contributed by atoms with Crippen molar-refractivity contribution in [1.82, 2.24) is 0 Å². The average molecular weight is 320 g/mol. The molecule has 0 amide bonds. The molecule has 2 N–H and O–H groups in total. The van der Waals surface area contributed by atoms with Crippen molar-refractivity contribution < 1.29 is 14.6 Å². The Labute approximate surface area is 134 Å². The van der Waals surface area contributed by atoms with Gasteiger partial charge in [0.25, 0.3) is 0 Å². The zero-order valence-electron chi connectivity index (χ0n) is 12.2. The summed E-state index contributed by atoms with van der Waals surface area (Å²) in [4.78, 5) is 11.4. The molecule has 0 heterocycles. The summed E-state index contributed by atoms with van der Waals surface area (Å²) in [5.74, 6) is -0.457. The van der Waals surface area contributed by atoms with E-state index in [-0.39, 0.29) is 6.42 Å². The molecule has 2 aromatic rings. The predicted molar refractivity (Wildman–Crippen MR) is 86.6 cm³/mol. The van der Waals surface area contributed by atoms with Crippen LogP contribution >= 0.6 is 11.6 Å². The Balaban J connectivity index is 2.23. The maximum absolute atomic E-state index is 11.4. The Morgan fingerprint density at radius 1 is 1.18 bits per heavy atom. The molecule has 2 atom stereocenters. The van der Waals surface area contributed by atoms with E-state index >= 15 is 0 Å². The summed E-state index contributed by atoms with van der Waals surface area (Å²) < 4.78 is 5.04. The van der Waals surface area contributed by atoms with Gasteiger partial charge in [0, 0.05) is 17.1 Å². The fraction of sp³-hybridized carbons (Fsp3) is 0.235. The Bertz CT molecular complexity index is 601. The molecule has 0 aliphatic heterocycles. The topological polar surface area (TPSA) is 58.6 Å². The molecule has 0 aliphatic rings. The first-order chi connectivity index (χ1) is 10.6. The van der Waals surface area contributed by atoms with E-state index in [0.29, 0.717) is 5.02 Å². The van der Waals surface area contributed by atoms with Gasteiger partial charge in [-0.3, -0.25) is 4.79 Å². The van der Waals surface area contributed by atoms with E-state index < -0.39 is 18.3 Å². The SMILES string of the molecule is CCC(=O)OC(O)C(Nc1ccccc1)c1ccc(Cl)cc1. The molecule has 0 spiro atoms. The van der Waals surface area contributed by atoms with Crippen LogP contribution in [0.3, 0.4) is 0 Å². The molecule has 0 fully saturated rings. The van der Waals surface area contributed by atoms with Crippen molar-refractivity contribution in [2.24, 2.45) is 0 Å². The van der Waals surface area contributed by atoms with E-state index in [1.807, 2.05) is 30.3 Å². The van der Waals surface area contributed by atoms with E-state index in [1.165, 1.54) is 0 Å². The lowest BCUT2D eigenvalue weighted by molar-refractivity contribution is -0.170. The summed E-state index contributed by atoms with van der Waals surface area (Å²) in [6.45, 7) is 1.68. The molecule has 116 valence electrons. The van der Waals surface area contributed by atoms with Gasteiger partial charge < -0.3 is 15.2 Å². The van der Waals surface area contributed by atoms with Gasteiger partial charge in [-0.1, -0.05) is 48.9 Å². The quantitative estimate of drug-likeness (QED) is 0.628. The molecule has 0 saturated heterocycles. The van der Waals surface area contributed by atoms with Crippen LogP contribution in [0.2, 0.25) is 5.02 Å². The predicted octanol–water partition coefficient (Wildman–Crippen LogP) is 3.76. The molecule has 0 radical (unpaired) electrons. The molecule has 0 saturated carbocycles. The van der Waals surface area contributed by atoms with Crippen LogP contribution in [0, 0.1) is 0 Å². The Morgan fingerprint density at radius 3 is 2.41 bits per heavy atom. The van der Waals surface area contributed by atoms with E-state index in [2.05, 4.69) is 5.32 Å². The Morgan fingerprint density at radius 2 is 1.82 bits per heavy atom. The van der Waals surface area contributed by atoms with Gasteiger partial charge in [-0.2, -0.15) is 0 Å². The summed E-state index contributed by atoms with van der Waals surface area (Å²) >= 11 is 5.89. The van der Waals surface area contributed by atoms with Gasteiger partial charge in [0.15, 0.2) is 0 Å². The number of aliphatic hydroxyl groups is 1. The summed E-state index contributed by atoms with van der Waals surface area (Å²) in [7, 11) is 0. The molecule has 4 nitrogen and oxygen atoms in total. The lowest BCUT2D eigenvalue weighted by Crippen LogP contribution is -2.30. The molecule has 2 rings (SSSR count). The number of ether oxygens (including phenoxy) is 1. The van der Waals surface area contributed by atoms with Crippen molar-refractivity contribution in [3.63, 3.8) is 0 Å². The lowest BCUT2D eigenvalue weighted by Gasteiger charge is -2.25. The molecule has 2 aromatic carbocycles. The number of carbonyl (C=O) groups excluding carboxylic acids is 1. The van der Waals surface area contributed by atoms with Crippen molar-refractivity contribution in [2.75, 3.05) is 5.32 Å². The number of hydrogen-bond acceptors (Lipinski definition) is 4.